The summed E-state index contributed by atoms with van der Waals surface area (Å²) in [4.78, 5) is 4.98. The van der Waals surface area contributed by atoms with Crippen LogP contribution in [-0.4, -0.2) is 4.98 Å². The topological polar surface area (TPSA) is 12.9 Å². The molecule has 0 aliphatic carbocycles. The first-order valence-electron chi connectivity index (χ1n) is 10.6. The minimum absolute atomic E-state index is 0.630. The Morgan fingerprint density at radius 1 is 0.515 bits per heavy atom. The van der Waals surface area contributed by atoms with E-state index in [0.717, 1.165) is 44.4 Å². The van der Waals surface area contributed by atoms with Crippen LogP contribution in [0, 0.1) is 23.7 Å². The Hall–Kier alpha value is -4.30. The summed E-state index contributed by atoms with van der Waals surface area (Å²) >= 11 is 6.60. The van der Waals surface area contributed by atoms with E-state index in [2.05, 4.69) is 23.7 Å². The van der Waals surface area contributed by atoms with Crippen molar-refractivity contribution in [3.63, 3.8) is 0 Å². The molecule has 0 fully saturated rings. The second-order valence-corrected chi connectivity index (χ2v) is 7.85. The smallest absolute Gasteiger partial charge is 0.0893 e. The first kappa shape index (κ1) is 20.6. The van der Waals surface area contributed by atoms with E-state index >= 15 is 0 Å². The quantitative estimate of drug-likeness (QED) is 0.249. The lowest BCUT2D eigenvalue weighted by molar-refractivity contribution is 1.37. The molecule has 0 unspecified atom stereocenters. The average Bonchev–Trinajstić information content (AvgIpc) is 2.87. The van der Waals surface area contributed by atoms with Crippen LogP contribution < -0.4 is 0 Å². The third kappa shape index (κ3) is 4.51. The van der Waals surface area contributed by atoms with Crippen molar-refractivity contribution < 1.29 is 0 Å². The molecule has 1 heterocycles. The second kappa shape index (κ2) is 9.46. The minimum atomic E-state index is 0.630. The van der Waals surface area contributed by atoms with Crippen molar-refractivity contribution >= 4 is 22.5 Å². The van der Waals surface area contributed by atoms with Crippen molar-refractivity contribution in [3.8, 4) is 34.9 Å². The van der Waals surface area contributed by atoms with Gasteiger partial charge in [0.1, 0.15) is 0 Å². The normalized spacial score (nSPS) is 10.1. The van der Waals surface area contributed by atoms with E-state index in [4.69, 9.17) is 16.6 Å². The third-order valence-electron chi connectivity index (χ3n) is 5.23. The number of pyridine rings is 1. The van der Waals surface area contributed by atoms with E-state index in [1.54, 1.807) is 0 Å². The van der Waals surface area contributed by atoms with Crippen molar-refractivity contribution in [1.29, 1.82) is 0 Å². The Balaban J connectivity index is 1.83. The molecule has 1 aromatic heterocycles. The zero-order chi connectivity index (χ0) is 22.5. The summed E-state index contributed by atoms with van der Waals surface area (Å²) < 4.78 is 0. The first-order chi connectivity index (χ1) is 16.3. The molecule has 5 rings (SSSR count). The fourth-order valence-corrected chi connectivity index (χ4v) is 3.85. The molecule has 0 saturated heterocycles. The van der Waals surface area contributed by atoms with Crippen LogP contribution in [0.25, 0.3) is 22.2 Å². The highest BCUT2D eigenvalue weighted by molar-refractivity contribution is 6.33. The van der Waals surface area contributed by atoms with Gasteiger partial charge in [-0.3, -0.25) is 0 Å². The molecule has 0 N–H and O–H groups in total. The van der Waals surface area contributed by atoms with Gasteiger partial charge in [-0.05, 0) is 36.4 Å². The van der Waals surface area contributed by atoms with Gasteiger partial charge in [-0.1, -0.05) is 108 Å². The van der Waals surface area contributed by atoms with E-state index < -0.39 is 0 Å². The summed E-state index contributed by atoms with van der Waals surface area (Å²) in [6, 6.07) is 35.6. The van der Waals surface area contributed by atoms with Gasteiger partial charge < -0.3 is 0 Å². The molecule has 0 amide bonds. The van der Waals surface area contributed by atoms with E-state index in [1.807, 2.05) is 109 Å². The molecule has 0 aliphatic rings. The first-order valence-corrected chi connectivity index (χ1v) is 11.0. The lowest BCUT2D eigenvalue weighted by Crippen LogP contribution is -1.97. The van der Waals surface area contributed by atoms with Crippen molar-refractivity contribution in [2.45, 2.75) is 0 Å². The molecule has 5 aromatic rings. The van der Waals surface area contributed by atoms with Gasteiger partial charge in [-0.25, -0.2) is 4.98 Å². The van der Waals surface area contributed by atoms with Crippen LogP contribution >= 0.6 is 11.6 Å². The number of halogens is 1. The Morgan fingerprint density at radius 3 is 1.73 bits per heavy atom. The van der Waals surface area contributed by atoms with Crippen LogP contribution in [0.5, 0.6) is 0 Å². The minimum Gasteiger partial charge on any atom is -0.246 e. The van der Waals surface area contributed by atoms with E-state index in [-0.39, 0.29) is 0 Å². The summed E-state index contributed by atoms with van der Waals surface area (Å²) in [6.45, 7) is 0. The van der Waals surface area contributed by atoms with Gasteiger partial charge in [-0.2, -0.15) is 0 Å². The summed E-state index contributed by atoms with van der Waals surface area (Å²) in [5.41, 5.74) is 5.93. The van der Waals surface area contributed by atoms with Crippen LogP contribution in [0.3, 0.4) is 0 Å². The van der Waals surface area contributed by atoms with Crippen LogP contribution in [0.1, 0.15) is 22.3 Å². The standard InChI is InChI=1S/C31H18ClN/c32-29-17-9-7-16-28(29)31-27(22-20-24-13-5-2-6-14-24)25(21-19-23-11-3-1-4-12-23)26-15-8-10-18-30(26)33-31/h1-18H. The number of rotatable bonds is 1. The van der Waals surface area contributed by atoms with Crippen LogP contribution in [0.4, 0.5) is 0 Å². The highest BCUT2D eigenvalue weighted by Gasteiger charge is 2.16. The van der Waals surface area contributed by atoms with Crippen molar-refractivity contribution in [3.05, 3.63) is 136 Å². The SMILES string of the molecule is Clc1ccccc1-c1nc2ccccc2c(C#Cc2ccccc2)c1C#Cc1ccccc1. The Kier molecular flexibility index (Phi) is 5.90. The van der Waals surface area contributed by atoms with Crippen LogP contribution in [0.2, 0.25) is 5.02 Å². The Bertz CT molecular complexity index is 1560. The summed E-state index contributed by atoms with van der Waals surface area (Å²) in [5, 5.41) is 1.60. The monoisotopic (exact) mass is 439 g/mol. The third-order valence-corrected chi connectivity index (χ3v) is 5.56. The maximum atomic E-state index is 6.60. The lowest BCUT2D eigenvalue weighted by atomic mass is 9.96. The van der Waals surface area contributed by atoms with Crippen molar-refractivity contribution in [1.82, 2.24) is 4.98 Å². The number of fused-ring (bicyclic) bond motifs is 1. The van der Waals surface area contributed by atoms with Gasteiger partial charge in [0.05, 0.1) is 27.4 Å². The molecule has 0 aliphatic heterocycles. The van der Waals surface area contributed by atoms with Crippen LogP contribution in [-0.2, 0) is 0 Å². The predicted molar refractivity (Wildman–Crippen MR) is 137 cm³/mol. The number of para-hydroxylation sites is 1. The van der Waals surface area contributed by atoms with E-state index in [0.29, 0.717) is 5.02 Å². The van der Waals surface area contributed by atoms with Crippen molar-refractivity contribution in [2.75, 3.05) is 0 Å². The largest absolute Gasteiger partial charge is 0.246 e. The molecule has 0 atom stereocenters. The van der Waals surface area contributed by atoms with E-state index in [1.165, 1.54) is 0 Å². The maximum Gasteiger partial charge on any atom is 0.0893 e. The van der Waals surface area contributed by atoms with Gasteiger partial charge in [0.2, 0.25) is 0 Å². The molecule has 33 heavy (non-hydrogen) atoms. The molecule has 0 radical (unpaired) electrons. The fourth-order valence-electron chi connectivity index (χ4n) is 3.62. The molecule has 2 heteroatoms. The van der Waals surface area contributed by atoms with Gasteiger partial charge in [0, 0.05) is 22.1 Å². The average molecular weight is 440 g/mol. The molecule has 4 aromatic carbocycles. The highest BCUT2D eigenvalue weighted by Crippen LogP contribution is 2.33. The Morgan fingerprint density at radius 2 is 1.06 bits per heavy atom. The number of benzene rings is 4. The molecule has 1 nitrogen and oxygen atoms in total. The summed E-state index contributed by atoms with van der Waals surface area (Å²) in [7, 11) is 0. The molecule has 0 bridgehead atoms. The fraction of sp³-hybridized carbons (Fsp3) is 0. The van der Waals surface area contributed by atoms with Crippen LogP contribution in [0.15, 0.2) is 109 Å². The molecule has 0 spiro atoms. The molecular weight excluding hydrogens is 422 g/mol. The van der Waals surface area contributed by atoms with Gasteiger partial charge in [-0.15, -0.1) is 0 Å². The number of hydrogen-bond donors (Lipinski definition) is 0. The Labute approximate surface area is 198 Å². The number of nitrogens with zero attached hydrogens (tertiary/aromatic N) is 1. The summed E-state index contributed by atoms with van der Waals surface area (Å²) in [6.07, 6.45) is 0. The molecule has 0 saturated carbocycles. The van der Waals surface area contributed by atoms with Gasteiger partial charge >= 0.3 is 0 Å². The number of aromatic nitrogens is 1. The van der Waals surface area contributed by atoms with Gasteiger partial charge in [0.25, 0.3) is 0 Å². The zero-order valence-electron chi connectivity index (χ0n) is 17.7. The molecule has 154 valence electrons. The molecular formula is C31H18ClN. The zero-order valence-corrected chi connectivity index (χ0v) is 18.5. The predicted octanol–water partition coefficient (Wildman–Crippen LogP) is 7.35. The van der Waals surface area contributed by atoms with Crippen molar-refractivity contribution in [2.24, 2.45) is 0 Å². The van der Waals surface area contributed by atoms with Gasteiger partial charge in [0.15, 0.2) is 0 Å². The maximum absolute atomic E-state index is 6.60. The number of hydrogen-bond acceptors (Lipinski definition) is 1. The van der Waals surface area contributed by atoms with E-state index in [9.17, 15) is 0 Å². The second-order valence-electron chi connectivity index (χ2n) is 7.44. The lowest BCUT2D eigenvalue weighted by Gasteiger charge is -2.12. The highest BCUT2D eigenvalue weighted by atomic mass is 35.5. The summed E-state index contributed by atoms with van der Waals surface area (Å²) in [5.74, 6) is 13.4.